The second kappa shape index (κ2) is 20.5. The van der Waals surface area contributed by atoms with Gasteiger partial charge in [0.2, 0.25) is 0 Å². The van der Waals surface area contributed by atoms with Crippen molar-refractivity contribution in [2.45, 2.75) is 151 Å². The second-order valence-corrected chi connectivity index (χ2v) is 20.6. The first-order chi connectivity index (χ1) is 20.3. The molecule has 0 spiro atoms. The maximum absolute atomic E-state index is 4.81. The molecule has 0 aromatic heterocycles. The fourth-order valence-corrected chi connectivity index (χ4v) is 15.7. The normalized spacial score (nSPS) is 21.7. The van der Waals surface area contributed by atoms with E-state index in [1.54, 1.807) is 10.6 Å². The summed E-state index contributed by atoms with van der Waals surface area (Å²) in [5.74, 6) is 0. The zero-order valence-electron chi connectivity index (χ0n) is 25.2. The predicted octanol–water partition coefficient (Wildman–Crippen LogP) is 12.3. The average molecular weight is 726 g/mol. The third-order valence-corrected chi connectivity index (χ3v) is 17.0. The van der Waals surface area contributed by atoms with Crippen LogP contribution in [0.25, 0.3) is 0 Å². The number of benzene rings is 2. The van der Waals surface area contributed by atoms with E-state index < -0.39 is 0 Å². The van der Waals surface area contributed by atoms with Crippen LogP contribution in [0.4, 0.5) is 0 Å². The summed E-state index contributed by atoms with van der Waals surface area (Å²) in [6, 6.07) is 23.1. The molecule has 2 aromatic rings. The van der Waals surface area contributed by atoms with Gasteiger partial charge >= 0.3 is 35.0 Å². The van der Waals surface area contributed by atoms with Gasteiger partial charge in [0.05, 0.1) is 0 Å². The van der Waals surface area contributed by atoms with Gasteiger partial charge in [0.25, 0.3) is 0 Å². The summed E-state index contributed by atoms with van der Waals surface area (Å²) in [7, 11) is 9.84. The van der Waals surface area contributed by atoms with Gasteiger partial charge in [-0.15, -0.1) is 0 Å². The molecule has 0 nitrogen and oxygen atoms in total. The Labute approximate surface area is 271 Å². The topological polar surface area (TPSA) is 0 Å². The van der Waals surface area contributed by atoms with E-state index in [4.69, 9.17) is 19.1 Å². The first kappa shape index (κ1) is 34.4. The molecule has 6 rings (SSSR count). The van der Waals surface area contributed by atoms with Crippen molar-refractivity contribution in [1.82, 2.24) is 0 Å². The molecule has 4 aliphatic carbocycles. The Morgan fingerprint density at radius 3 is 0.829 bits per heavy atom. The molecule has 0 atom stereocenters. The maximum Gasteiger partial charge on any atom is -0.0166 e. The monoisotopic (exact) mass is 724 g/mol. The van der Waals surface area contributed by atoms with Gasteiger partial charge in [0.1, 0.15) is 0 Å². The summed E-state index contributed by atoms with van der Waals surface area (Å²) in [5, 5.41) is 3.41. The smallest absolute Gasteiger partial charge is 0.0166 e. The largest absolute Gasteiger partial charge is 0.0690 e. The molecule has 0 bridgehead atoms. The molecule has 0 saturated heterocycles. The van der Waals surface area contributed by atoms with Gasteiger partial charge in [0, 0.05) is 0 Å². The Bertz CT molecular complexity index is 794. The SMILES string of the molecule is [Cl][Pd][Cl].c1ccc(P(C2CCCCC2)C2CCCCC2)cc1.c1ccc(P(C2CCCCC2)C2CCCCC2)cc1. The van der Waals surface area contributed by atoms with Crippen LogP contribution in [0.2, 0.25) is 0 Å². The number of halogens is 2. The van der Waals surface area contributed by atoms with Crippen molar-refractivity contribution in [1.29, 1.82) is 0 Å². The minimum atomic E-state index is -0.106. The molecule has 4 fully saturated rings. The first-order valence-corrected chi connectivity index (χ1v) is 23.8. The molecule has 0 N–H and O–H groups in total. The second-order valence-electron chi connectivity index (χ2n) is 12.7. The summed E-state index contributed by atoms with van der Waals surface area (Å²) < 4.78 is 0. The Hall–Kier alpha value is 0.542. The fraction of sp³-hybridized carbons (Fsp3) is 0.667. The van der Waals surface area contributed by atoms with Crippen molar-refractivity contribution >= 4 is 45.5 Å². The van der Waals surface area contributed by atoms with Crippen LogP contribution >= 0.6 is 34.9 Å². The molecular weight excluding hydrogens is 672 g/mol. The number of hydrogen-bond acceptors (Lipinski definition) is 0. The van der Waals surface area contributed by atoms with E-state index in [1.807, 2.05) is 0 Å². The van der Waals surface area contributed by atoms with Crippen molar-refractivity contribution < 1.29 is 15.9 Å². The van der Waals surface area contributed by atoms with Gasteiger partial charge in [-0.1, -0.05) is 154 Å². The molecule has 0 radical (unpaired) electrons. The molecule has 0 amide bonds. The average Bonchev–Trinajstić information content (AvgIpc) is 3.05. The van der Waals surface area contributed by atoms with Crippen LogP contribution in [-0.4, -0.2) is 22.6 Å². The molecule has 41 heavy (non-hydrogen) atoms. The van der Waals surface area contributed by atoms with Gasteiger partial charge in [-0.2, -0.15) is 0 Å². The predicted molar refractivity (Wildman–Crippen MR) is 185 cm³/mol. The molecule has 5 heteroatoms. The molecular formula is C36H54Cl2P2Pd. The zero-order chi connectivity index (χ0) is 28.5. The summed E-state index contributed by atoms with van der Waals surface area (Å²) in [6.07, 6.45) is 29.9. The molecule has 4 aliphatic rings. The van der Waals surface area contributed by atoms with Crippen LogP contribution in [0.15, 0.2) is 60.7 Å². The van der Waals surface area contributed by atoms with Crippen LogP contribution in [0.5, 0.6) is 0 Å². The molecule has 4 saturated carbocycles. The third kappa shape index (κ3) is 11.4. The van der Waals surface area contributed by atoms with Crippen molar-refractivity contribution in [3.05, 3.63) is 60.7 Å². The number of rotatable bonds is 6. The maximum atomic E-state index is 4.81. The number of hydrogen-bond donors (Lipinski definition) is 0. The van der Waals surface area contributed by atoms with E-state index in [9.17, 15) is 0 Å². The van der Waals surface area contributed by atoms with E-state index in [0.29, 0.717) is 0 Å². The summed E-state index contributed by atoms with van der Waals surface area (Å²) >= 11 is -0.106. The molecule has 0 heterocycles. The minimum Gasteiger partial charge on any atom is -0.0690 e. The van der Waals surface area contributed by atoms with Crippen molar-refractivity contribution in [3.8, 4) is 0 Å². The van der Waals surface area contributed by atoms with Crippen LogP contribution in [0, 0.1) is 0 Å². The van der Waals surface area contributed by atoms with Crippen molar-refractivity contribution in [2.75, 3.05) is 0 Å². The van der Waals surface area contributed by atoms with Crippen molar-refractivity contribution in [2.24, 2.45) is 0 Å². The third-order valence-electron chi connectivity index (χ3n) is 9.98. The zero-order valence-corrected chi connectivity index (χ0v) is 30.0. The van der Waals surface area contributed by atoms with E-state index in [2.05, 4.69) is 60.7 Å². The molecule has 2 aromatic carbocycles. The summed E-state index contributed by atoms with van der Waals surface area (Å²) in [6.45, 7) is 0. The van der Waals surface area contributed by atoms with Crippen LogP contribution in [0.3, 0.4) is 0 Å². The van der Waals surface area contributed by atoms with Gasteiger partial charge in [-0.05, 0) is 84.6 Å². The fourth-order valence-electron chi connectivity index (χ4n) is 8.08. The quantitative estimate of drug-likeness (QED) is 0.205. The van der Waals surface area contributed by atoms with E-state index in [0.717, 1.165) is 22.6 Å². The Balaban J connectivity index is 0.000000173. The van der Waals surface area contributed by atoms with E-state index in [-0.39, 0.29) is 31.8 Å². The standard InChI is InChI=1S/2C18H27P.2ClH.Pd/c2*1-4-10-16(11-5-1)19(17-12-6-2-7-13-17)18-14-8-3-9-15-18;;;/h2*1,4-5,10-11,17-18H,2-3,6-9,12-15H2;2*1H;/q;;;;+2/p-2. The van der Waals surface area contributed by atoms with Gasteiger partial charge in [-0.25, -0.2) is 0 Å². The van der Waals surface area contributed by atoms with E-state index >= 15 is 0 Å². The van der Waals surface area contributed by atoms with Gasteiger partial charge in [0.15, 0.2) is 0 Å². The Morgan fingerprint density at radius 1 is 0.390 bits per heavy atom. The van der Waals surface area contributed by atoms with Gasteiger partial charge in [-0.3, -0.25) is 0 Å². The Morgan fingerprint density at radius 2 is 0.610 bits per heavy atom. The first-order valence-electron chi connectivity index (χ1n) is 16.8. The summed E-state index contributed by atoms with van der Waals surface area (Å²) in [5.41, 5.74) is 4.15. The molecule has 0 aliphatic heterocycles. The van der Waals surface area contributed by atoms with Crippen LogP contribution in [0.1, 0.15) is 128 Å². The Kier molecular flexibility index (Phi) is 17.2. The van der Waals surface area contributed by atoms with Crippen LogP contribution in [-0.2, 0) is 15.9 Å². The minimum absolute atomic E-state index is 0.106. The molecule has 232 valence electrons. The van der Waals surface area contributed by atoms with Gasteiger partial charge < -0.3 is 0 Å². The van der Waals surface area contributed by atoms with Crippen LogP contribution < -0.4 is 10.6 Å². The summed E-state index contributed by atoms with van der Waals surface area (Å²) in [4.78, 5) is 0. The van der Waals surface area contributed by atoms with Crippen molar-refractivity contribution in [3.63, 3.8) is 0 Å². The van der Waals surface area contributed by atoms with E-state index in [1.165, 1.54) is 128 Å². The molecule has 0 unspecified atom stereocenters.